The van der Waals surface area contributed by atoms with Crippen molar-refractivity contribution < 1.29 is 4.79 Å². The first-order valence-electron chi connectivity index (χ1n) is 9.89. The molecule has 1 fully saturated rings. The van der Waals surface area contributed by atoms with Gasteiger partial charge in [-0.05, 0) is 45.3 Å². The maximum atomic E-state index is 11.9. The van der Waals surface area contributed by atoms with Crippen LogP contribution in [0.2, 0.25) is 0 Å². The SMILES string of the molecule is Cc1sc2nc(CN3CCCC3)nc(Nc3cnn(CC(=O)N(C)C)c3)c2c1C. The summed E-state index contributed by atoms with van der Waals surface area (Å²) < 4.78 is 1.64. The van der Waals surface area contributed by atoms with E-state index in [1.165, 1.54) is 23.3 Å². The van der Waals surface area contributed by atoms with Gasteiger partial charge in [0.15, 0.2) is 0 Å². The van der Waals surface area contributed by atoms with Crippen LogP contribution in [0.25, 0.3) is 10.2 Å². The molecule has 1 aliphatic heterocycles. The molecule has 29 heavy (non-hydrogen) atoms. The summed E-state index contributed by atoms with van der Waals surface area (Å²) in [6, 6.07) is 0. The third-order valence-electron chi connectivity index (χ3n) is 5.33. The predicted octanol–water partition coefficient (Wildman–Crippen LogP) is 2.93. The lowest BCUT2D eigenvalue weighted by atomic mass is 10.2. The molecular weight excluding hydrogens is 386 g/mol. The van der Waals surface area contributed by atoms with Gasteiger partial charge >= 0.3 is 0 Å². The summed E-state index contributed by atoms with van der Waals surface area (Å²) in [7, 11) is 3.48. The number of amides is 1. The largest absolute Gasteiger partial charge is 0.347 e. The summed E-state index contributed by atoms with van der Waals surface area (Å²) in [6.45, 7) is 7.44. The second-order valence-corrected chi connectivity index (χ2v) is 8.98. The molecule has 0 spiro atoms. The van der Waals surface area contributed by atoms with Gasteiger partial charge in [-0.2, -0.15) is 5.10 Å². The first-order valence-corrected chi connectivity index (χ1v) is 10.7. The van der Waals surface area contributed by atoms with E-state index in [4.69, 9.17) is 9.97 Å². The van der Waals surface area contributed by atoms with Gasteiger partial charge in [0.05, 0.1) is 23.8 Å². The lowest BCUT2D eigenvalue weighted by Crippen LogP contribution is -2.26. The van der Waals surface area contributed by atoms with E-state index in [1.807, 2.05) is 6.20 Å². The highest BCUT2D eigenvalue weighted by Crippen LogP contribution is 2.34. The van der Waals surface area contributed by atoms with Crippen LogP contribution in [0.4, 0.5) is 11.5 Å². The van der Waals surface area contributed by atoms with Crippen molar-refractivity contribution in [2.45, 2.75) is 39.8 Å². The van der Waals surface area contributed by atoms with Gasteiger partial charge in [0, 0.05) is 25.2 Å². The second-order valence-electron chi connectivity index (χ2n) is 7.77. The Balaban J connectivity index is 1.63. The molecule has 0 saturated carbocycles. The minimum Gasteiger partial charge on any atom is -0.347 e. The first kappa shape index (κ1) is 19.8. The van der Waals surface area contributed by atoms with Gasteiger partial charge in [-0.15, -0.1) is 11.3 Å². The molecule has 0 radical (unpaired) electrons. The fourth-order valence-electron chi connectivity index (χ4n) is 3.53. The fourth-order valence-corrected chi connectivity index (χ4v) is 4.58. The summed E-state index contributed by atoms with van der Waals surface area (Å²) in [5.74, 6) is 1.66. The second kappa shape index (κ2) is 8.08. The van der Waals surface area contributed by atoms with E-state index in [-0.39, 0.29) is 12.5 Å². The molecule has 4 rings (SSSR count). The van der Waals surface area contributed by atoms with Gasteiger partial charge in [-0.3, -0.25) is 14.4 Å². The molecule has 3 aromatic rings. The highest BCUT2D eigenvalue weighted by Gasteiger charge is 2.18. The normalized spacial score (nSPS) is 14.6. The topological polar surface area (TPSA) is 79.2 Å². The molecule has 1 saturated heterocycles. The summed E-state index contributed by atoms with van der Waals surface area (Å²) in [5, 5.41) is 8.79. The minimum absolute atomic E-state index is 0.00118. The van der Waals surface area contributed by atoms with Gasteiger partial charge in [-0.25, -0.2) is 9.97 Å². The number of carbonyl (C=O) groups excluding carboxylic acids is 1. The maximum absolute atomic E-state index is 11.9. The molecule has 0 atom stereocenters. The molecule has 3 aromatic heterocycles. The molecule has 9 heteroatoms. The molecule has 154 valence electrons. The standard InChI is InChI=1S/C20H27N7OS/c1-13-14(2)29-20-18(13)19(23-16(24-20)11-26-7-5-6-8-26)22-15-9-21-27(10-15)12-17(28)25(3)4/h9-10H,5-8,11-12H2,1-4H3,(H,22,23,24). The number of nitrogens with zero attached hydrogens (tertiary/aromatic N) is 6. The van der Waals surface area contributed by atoms with Gasteiger partial charge in [0.25, 0.3) is 0 Å². The maximum Gasteiger partial charge on any atom is 0.243 e. The zero-order valence-corrected chi connectivity index (χ0v) is 18.2. The van der Waals surface area contributed by atoms with Crippen LogP contribution in [-0.2, 0) is 17.9 Å². The molecule has 0 aliphatic carbocycles. The van der Waals surface area contributed by atoms with E-state index >= 15 is 0 Å². The Kier molecular flexibility index (Phi) is 5.51. The summed E-state index contributed by atoms with van der Waals surface area (Å²) >= 11 is 1.71. The van der Waals surface area contributed by atoms with Crippen LogP contribution in [0.3, 0.4) is 0 Å². The Morgan fingerprint density at radius 3 is 2.72 bits per heavy atom. The van der Waals surface area contributed by atoms with Gasteiger partial charge in [0.1, 0.15) is 23.0 Å². The van der Waals surface area contributed by atoms with E-state index in [0.717, 1.165) is 47.2 Å². The highest BCUT2D eigenvalue weighted by atomic mass is 32.1. The molecule has 0 bridgehead atoms. The molecule has 4 heterocycles. The average molecular weight is 414 g/mol. The third-order valence-corrected chi connectivity index (χ3v) is 6.43. The lowest BCUT2D eigenvalue weighted by molar-refractivity contribution is -0.129. The zero-order chi connectivity index (χ0) is 20.5. The predicted molar refractivity (Wildman–Crippen MR) is 116 cm³/mol. The number of aryl methyl sites for hydroxylation is 2. The number of rotatable bonds is 6. The number of thiophene rings is 1. The molecule has 1 N–H and O–H groups in total. The molecule has 0 aromatic carbocycles. The Morgan fingerprint density at radius 1 is 1.24 bits per heavy atom. The van der Waals surface area contributed by atoms with E-state index in [2.05, 4.69) is 29.2 Å². The van der Waals surface area contributed by atoms with E-state index in [1.54, 1.807) is 41.2 Å². The Labute approximate surface area is 174 Å². The van der Waals surface area contributed by atoms with Crippen molar-refractivity contribution in [3.63, 3.8) is 0 Å². The minimum atomic E-state index is 0.00118. The zero-order valence-electron chi connectivity index (χ0n) is 17.4. The number of aromatic nitrogens is 4. The van der Waals surface area contributed by atoms with Crippen molar-refractivity contribution >= 4 is 39.0 Å². The lowest BCUT2D eigenvalue weighted by Gasteiger charge is -2.14. The number of nitrogens with one attached hydrogen (secondary N) is 1. The number of hydrogen-bond acceptors (Lipinski definition) is 7. The third kappa shape index (κ3) is 4.25. The van der Waals surface area contributed by atoms with Crippen LogP contribution in [0.15, 0.2) is 12.4 Å². The number of carbonyl (C=O) groups is 1. The van der Waals surface area contributed by atoms with Gasteiger partial charge in [0.2, 0.25) is 5.91 Å². The number of anilines is 2. The van der Waals surface area contributed by atoms with Crippen molar-refractivity contribution in [2.24, 2.45) is 0 Å². The Hall–Kier alpha value is -2.52. The van der Waals surface area contributed by atoms with Crippen molar-refractivity contribution in [3.05, 3.63) is 28.7 Å². The summed E-state index contributed by atoms with van der Waals surface area (Å²) in [5.41, 5.74) is 2.02. The van der Waals surface area contributed by atoms with E-state index in [9.17, 15) is 4.79 Å². The Bertz CT molecular complexity index is 1030. The number of likely N-dealkylation sites (tertiary alicyclic amines) is 1. The molecule has 1 aliphatic rings. The monoisotopic (exact) mass is 413 g/mol. The number of fused-ring (bicyclic) bond motifs is 1. The van der Waals surface area contributed by atoms with Crippen molar-refractivity contribution in [2.75, 3.05) is 32.5 Å². The van der Waals surface area contributed by atoms with Crippen LogP contribution in [-0.4, -0.2) is 62.6 Å². The number of hydrogen-bond donors (Lipinski definition) is 1. The first-order chi connectivity index (χ1) is 13.9. The van der Waals surface area contributed by atoms with Gasteiger partial charge in [-0.1, -0.05) is 0 Å². The van der Waals surface area contributed by atoms with Crippen molar-refractivity contribution in [1.82, 2.24) is 29.5 Å². The number of likely N-dealkylation sites (N-methyl/N-ethyl adjacent to an activating group) is 1. The highest BCUT2D eigenvalue weighted by molar-refractivity contribution is 7.18. The summed E-state index contributed by atoms with van der Waals surface area (Å²) in [4.78, 5) is 27.9. The van der Waals surface area contributed by atoms with Crippen molar-refractivity contribution in [1.29, 1.82) is 0 Å². The van der Waals surface area contributed by atoms with Crippen LogP contribution >= 0.6 is 11.3 Å². The Morgan fingerprint density at radius 2 is 2.00 bits per heavy atom. The summed E-state index contributed by atoms with van der Waals surface area (Å²) in [6.07, 6.45) is 6.06. The van der Waals surface area contributed by atoms with Gasteiger partial charge < -0.3 is 10.2 Å². The molecule has 0 unspecified atom stereocenters. The van der Waals surface area contributed by atoms with E-state index in [0.29, 0.717) is 0 Å². The van der Waals surface area contributed by atoms with Crippen LogP contribution in [0.1, 0.15) is 29.1 Å². The van der Waals surface area contributed by atoms with E-state index < -0.39 is 0 Å². The average Bonchev–Trinajstić information content (AvgIpc) is 3.38. The molecular formula is C20H27N7OS. The van der Waals surface area contributed by atoms with Crippen LogP contribution < -0.4 is 5.32 Å². The molecule has 8 nitrogen and oxygen atoms in total. The quantitative estimate of drug-likeness (QED) is 0.669. The molecule has 1 amide bonds. The fraction of sp³-hybridized carbons (Fsp3) is 0.500. The van der Waals surface area contributed by atoms with Crippen molar-refractivity contribution in [3.8, 4) is 0 Å². The van der Waals surface area contributed by atoms with Crippen LogP contribution in [0.5, 0.6) is 0 Å². The van der Waals surface area contributed by atoms with Crippen LogP contribution in [0, 0.1) is 13.8 Å². The smallest absolute Gasteiger partial charge is 0.243 e.